The van der Waals surface area contributed by atoms with Crippen LogP contribution in [-0.2, 0) is 0 Å². The van der Waals surface area contributed by atoms with Crippen molar-refractivity contribution in [2.45, 2.75) is 63.0 Å². The van der Waals surface area contributed by atoms with E-state index >= 15 is 0 Å². The first-order valence-corrected chi connectivity index (χ1v) is 12.6. The van der Waals surface area contributed by atoms with E-state index in [0.717, 1.165) is 6.42 Å². The van der Waals surface area contributed by atoms with Gasteiger partial charge in [0.1, 0.15) is 0 Å². The first kappa shape index (κ1) is 19.3. The minimum absolute atomic E-state index is 0.178. The Bertz CT molecular complexity index is 494. The summed E-state index contributed by atoms with van der Waals surface area (Å²) in [5.74, 6) is 0. The van der Waals surface area contributed by atoms with Gasteiger partial charge in [-0.2, -0.15) is 0 Å². The summed E-state index contributed by atoms with van der Waals surface area (Å²) >= 11 is 2.06. The molecule has 0 saturated heterocycles. The van der Waals surface area contributed by atoms with Gasteiger partial charge in [-0.15, -0.1) is 18.3 Å². The summed E-state index contributed by atoms with van der Waals surface area (Å²) in [6, 6.07) is 10.8. The van der Waals surface area contributed by atoms with Crippen LogP contribution >= 0.6 is 11.8 Å². The molecule has 0 aliphatic rings. The summed E-state index contributed by atoms with van der Waals surface area (Å²) in [5, 5.41) is 0. The summed E-state index contributed by atoms with van der Waals surface area (Å²) in [6.07, 6.45) is 6.89. The zero-order valence-electron chi connectivity index (χ0n) is 15.1. The Balaban J connectivity index is 3.02. The van der Waals surface area contributed by atoms with Crippen molar-refractivity contribution in [2.24, 2.45) is 5.41 Å². The lowest BCUT2D eigenvalue weighted by atomic mass is 9.87. The van der Waals surface area contributed by atoms with E-state index in [2.05, 4.69) is 101 Å². The number of allylic oxidation sites excluding steroid dienone is 3. The number of hydrogen-bond acceptors (Lipinski definition) is 1. The van der Waals surface area contributed by atoms with Crippen LogP contribution in [0.4, 0.5) is 0 Å². The lowest BCUT2D eigenvalue weighted by Gasteiger charge is -2.42. The topological polar surface area (TPSA) is 0 Å². The van der Waals surface area contributed by atoms with E-state index in [4.69, 9.17) is 0 Å². The van der Waals surface area contributed by atoms with Gasteiger partial charge in [0.05, 0.1) is 8.07 Å². The molecule has 1 aromatic carbocycles. The Morgan fingerprint density at radius 1 is 1.23 bits per heavy atom. The van der Waals surface area contributed by atoms with Gasteiger partial charge < -0.3 is 0 Å². The zero-order chi connectivity index (χ0) is 16.8. The molecule has 1 rings (SSSR count). The molecular weight excluding hydrogens is 300 g/mol. The van der Waals surface area contributed by atoms with Crippen molar-refractivity contribution >= 4 is 19.8 Å². The van der Waals surface area contributed by atoms with E-state index in [1.807, 2.05) is 0 Å². The average Bonchev–Trinajstić information content (AvgIpc) is 2.44. The van der Waals surface area contributed by atoms with Crippen molar-refractivity contribution in [2.75, 3.05) is 0 Å². The molecule has 0 amide bonds. The summed E-state index contributed by atoms with van der Waals surface area (Å²) in [4.78, 5) is 2.01. The van der Waals surface area contributed by atoms with Gasteiger partial charge in [-0.3, -0.25) is 0 Å². The lowest BCUT2D eigenvalue weighted by Crippen LogP contribution is -2.46. The molecule has 0 aliphatic carbocycles. The maximum absolute atomic E-state index is 4.19. The fourth-order valence-corrected chi connectivity index (χ4v) is 8.08. The molecule has 22 heavy (non-hydrogen) atoms. The number of rotatable bonds is 8. The molecule has 0 nitrogen and oxygen atoms in total. The maximum Gasteiger partial charge on any atom is 0.0602 e. The second-order valence-electron chi connectivity index (χ2n) is 7.71. The van der Waals surface area contributed by atoms with Crippen LogP contribution in [-0.4, -0.2) is 12.9 Å². The molecule has 0 aliphatic heterocycles. The van der Waals surface area contributed by atoms with Gasteiger partial charge in [-0.05, 0) is 44.2 Å². The fraction of sp³-hybridized carbons (Fsp3) is 0.500. The Hall–Kier alpha value is -0.733. The van der Waals surface area contributed by atoms with E-state index < -0.39 is 8.07 Å². The van der Waals surface area contributed by atoms with Gasteiger partial charge in [0.2, 0.25) is 0 Å². The van der Waals surface area contributed by atoms with Gasteiger partial charge in [0.15, 0.2) is 0 Å². The molecule has 0 N–H and O–H groups in total. The second kappa shape index (κ2) is 8.21. The highest BCUT2D eigenvalue weighted by Crippen LogP contribution is 2.44. The first-order chi connectivity index (χ1) is 10.2. The van der Waals surface area contributed by atoms with E-state index in [1.54, 1.807) is 0 Å². The van der Waals surface area contributed by atoms with Crippen LogP contribution in [0.2, 0.25) is 19.6 Å². The quantitative estimate of drug-likeness (QED) is 0.281. The molecule has 1 aromatic rings. The van der Waals surface area contributed by atoms with Gasteiger partial charge in [-0.1, -0.05) is 62.5 Å². The zero-order valence-corrected chi connectivity index (χ0v) is 17.0. The van der Waals surface area contributed by atoms with Gasteiger partial charge >= 0.3 is 0 Å². The maximum atomic E-state index is 4.19. The van der Waals surface area contributed by atoms with Crippen LogP contribution < -0.4 is 0 Å². The molecule has 2 unspecified atom stereocenters. The molecule has 0 fully saturated rings. The molecule has 2 atom stereocenters. The third kappa shape index (κ3) is 5.81. The molecule has 0 bridgehead atoms. The van der Waals surface area contributed by atoms with Crippen molar-refractivity contribution in [1.29, 1.82) is 0 Å². The van der Waals surface area contributed by atoms with Gasteiger partial charge in [0, 0.05) is 9.77 Å². The molecule has 0 heterocycles. The monoisotopic (exact) mass is 332 g/mol. The van der Waals surface area contributed by atoms with Crippen LogP contribution in [0.5, 0.6) is 0 Å². The summed E-state index contributed by atoms with van der Waals surface area (Å²) in [5.41, 5.74) is 1.59. The van der Waals surface area contributed by atoms with Gasteiger partial charge in [-0.25, -0.2) is 0 Å². The average molecular weight is 333 g/mol. The highest BCUT2D eigenvalue weighted by molar-refractivity contribution is 8.01. The predicted octanol–water partition coefficient (Wildman–Crippen LogP) is 6.96. The summed E-state index contributed by atoms with van der Waals surface area (Å²) in [7, 11) is -1.33. The molecule has 0 aromatic heterocycles. The van der Waals surface area contributed by atoms with Crippen molar-refractivity contribution < 1.29 is 0 Å². The third-order valence-corrected chi connectivity index (χ3v) is 10.1. The van der Waals surface area contributed by atoms with Crippen molar-refractivity contribution in [3.63, 3.8) is 0 Å². The van der Waals surface area contributed by atoms with Crippen LogP contribution in [0.25, 0.3) is 0 Å². The molecule has 0 saturated carbocycles. The number of thioether (sulfide) groups is 1. The van der Waals surface area contributed by atoms with E-state index in [0.29, 0.717) is 4.87 Å². The Kier molecular flexibility index (Phi) is 7.21. The summed E-state index contributed by atoms with van der Waals surface area (Å²) < 4.78 is 0. The SMILES string of the molecule is C=CC(C)(CCC=C(C)C)C(Sc1ccccc1)[Si](C)(C)C. The molecule has 0 spiro atoms. The van der Waals surface area contributed by atoms with Crippen molar-refractivity contribution in [3.8, 4) is 0 Å². The standard InChI is InChI=1S/C20H32SSi/c1-8-20(4,16-12-13-17(2)3)19(22(5,6)7)21-18-14-10-9-11-15-18/h8-11,13-15,19H,1,12,16H2,2-7H3. The highest BCUT2D eigenvalue weighted by Gasteiger charge is 2.40. The first-order valence-electron chi connectivity index (χ1n) is 8.18. The minimum Gasteiger partial charge on any atom is -0.125 e. The summed E-state index contributed by atoms with van der Waals surface area (Å²) in [6.45, 7) is 18.4. The largest absolute Gasteiger partial charge is 0.125 e. The highest BCUT2D eigenvalue weighted by atomic mass is 32.2. The van der Waals surface area contributed by atoms with E-state index in [1.165, 1.54) is 16.9 Å². The Labute approximate surface area is 143 Å². The normalized spacial score (nSPS) is 15.7. The fourth-order valence-electron chi connectivity index (χ4n) is 2.95. The van der Waals surface area contributed by atoms with Crippen LogP contribution in [0.15, 0.2) is 59.5 Å². The third-order valence-electron chi connectivity index (χ3n) is 4.08. The van der Waals surface area contributed by atoms with Crippen molar-refractivity contribution in [1.82, 2.24) is 0 Å². The number of benzene rings is 1. The molecule has 0 radical (unpaired) electrons. The molecule has 2 heteroatoms. The van der Waals surface area contributed by atoms with E-state index in [9.17, 15) is 0 Å². The lowest BCUT2D eigenvalue weighted by molar-refractivity contribution is 0.423. The Morgan fingerprint density at radius 2 is 1.82 bits per heavy atom. The second-order valence-corrected chi connectivity index (χ2v) is 14.6. The molecule has 122 valence electrons. The smallest absolute Gasteiger partial charge is 0.0602 e. The molecular formula is C20H32SSi. The van der Waals surface area contributed by atoms with Gasteiger partial charge in [0.25, 0.3) is 0 Å². The van der Waals surface area contributed by atoms with E-state index in [-0.39, 0.29) is 5.41 Å². The Morgan fingerprint density at radius 3 is 2.27 bits per heavy atom. The minimum atomic E-state index is -1.33. The van der Waals surface area contributed by atoms with Crippen molar-refractivity contribution in [3.05, 3.63) is 54.6 Å². The van der Waals surface area contributed by atoms with Crippen LogP contribution in [0.3, 0.4) is 0 Å². The van der Waals surface area contributed by atoms with Crippen LogP contribution in [0, 0.1) is 5.41 Å². The van der Waals surface area contributed by atoms with Crippen LogP contribution in [0.1, 0.15) is 33.6 Å². The predicted molar refractivity (Wildman–Crippen MR) is 106 cm³/mol. The number of hydrogen-bond donors (Lipinski definition) is 0.